The molecule has 11 heteroatoms. The van der Waals surface area contributed by atoms with Gasteiger partial charge in [-0.05, 0) is 39.5 Å². The third-order valence-electron chi connectivity index (χ3n) is 4.12. The number of hydrogen-bond acceptors (Lipinski definition) is 5. The van der Waals surface area contributed by atoms with Crippen molar-refractivity contribution in [3.8, 4) is 0 Å². The fourth-order valence-corrected chi connectivity index (χ4v) is 4.80. The third kappa shape index (κ3) is 5.60. The first-order valence-corrected chi connectivity index (χ1v) is 10.2. The Kier molecular flexibility index (Phi) is 5.84. The van der Waals surface area contributed by atoms with E-state index in [1.54, 1.807) is 20.8 Å². The number of piperidine rings is 1. The van der Waals surface area contributed by atoms with E-state index in [0.717, 1.165) is 10.9 Å². The van der Waals surface area contributed by atoms with Gasteiger partial charge in [0.05, 0.1) is 5.75 Å². The number of rotatable bonds is 3. The van der Waals surface area contributed by atoms with E-state index in [4.69, 9.17) is 4.74 Å². The van der Waals surface area contributed by atoms with Crippen LogP contribution in [0.15, 0.2) is 11.1 Å². The molecule has 0 unspecified atom stereocenters. The van der Waals surface area contributed by atoms with Crippen molar-refractivity contribution in [3.63, 3.8) is 0 Å². The van der Waals surface area contributed by atoms with Gasteiger partial charge < -0.3 is 9.64 Å². The molecule has 154 valence electrons. The molecular formula is C16H24F3N3O4S. The number of nitrogens with zero attached hydrogens (tertiary/aromatic N) is 3. The Bertz CT molecular complexity index is 789. The van der Waals surface area contributed by atoms with Crippen LogP contribution in [0.5, 0.6) is 0 Å². The smallest absolute Gasteiger partial charge is 0.436 e. The minimum absolute atomic E-state index is 0.300. The summed E-state index contributed by atoms with van der Waals surface area (Å²) in [5.74, 6) is -0.751. The summed E-state index contributed by atoms with van der Waals surface area (Å²) in [6, 6.07) is 0. The van der Waals surface area contributed by atoms with Crippen LogP contribution in [0.25, 0.3) is 0 Å². The summed E-state index contributed by atoms with van der Waals surface area (Å²) in [6.07, 6.45) is -3.69. The van der Waals surface area contributed by atoms with Crippen LogP contribution in [-0.4, -0.2) is 53.6 Å². The maximum Gasteiger partial charge on any atom is 0.436 e. The molecule has 0 atom stereocenters. The fraction of sp³-hybridized carbons (Fsp3) is 0.750. The van der Waals surface area contributed by atoms with Gasteiger partial charge >= 0.3 is 12.3 Å². The lowest BCUT2D eigenvalue weighted by Crippen LogP contribution is -2.42. The number of alkyl halides is 3. The zero-order chi connectivity index (χ0) is 20.6. The molecule has 0 N–H and O–H groups in total. The van der Waals surface area contributed by atoms with Gasteiger partial charge in [0.2, 0.25) is 0 Å². The highest BCUT2D eigenvalue weighted by Crippen LogP contribution is 2.34. The lowest BCUT2D eigenvalue weighted by Gasteiger charge is -2.33. The highest BCUT2D eigenvalue weighted by molar-refractivity contribution is 7.91. The molecule has 0 aromatic carbocycles. The lowest BCUT2D eigenvalue weighted by atomic mass is 9.99. The number of amides is 1. The maximum atomic E-state index is 13.0. The molecule has 1 fully saturated rings. The molecule has 27 heavy (non-hydrogen) atoms. The molecule has 7 nitrogen and oxygen atoms in total. The Morgan fingerprint density at radius 1 is 1.26 bits per heavy atom. The van der Waals surface area contributed by atoms with Crippen molar-refractivity contribution in [2.75, 3.05) is 18.8 Å². The predicted octanol–water partition coefficient (Wildman–Crippen LogP) is 2.86. The van der Waals surface area contributed by atoms with E-state index in [1.807, 2.05) is 0 Å². The van der Waals surface area contributed by atoms with E-state index in [9.17, 15) is 26.4 Å². The van der Waals surface area contributed by atoms with Crippen molar-refractivity contribution in [1.82, 2.24) is 14.7 Å². The number of halogens is 3. The summed E-state index contributed by atoms with van der Waals surface area (Å²) >= 11 is 0. The van der Waals surface area contributed by atoms with E-state index in [-0.39, 0.29) is 5.92 Å². The number of carbonyl (C=O) groups is 1. The van der Waals surface area contributed by atoms with E-state index >= 15 is 0 Å². The molecule has 0 bridgehead atoms. The molecule has 0 saturated carbocycles. The highest BCUT2D eigenvalue weighted by atomic mass is 32.2. The second kappa shape index (κ2) is 7.33. The average molecular weight is 411 g/mol. The maximum absolute atomic E-state index is 13.0. The quantitative estimate of drug-likeness (QED) is 0.764. The average Bonchev–Trinajstić information content (AvgIpc) is 2.89. The van der Waals surface area contributed by atoms with Gasteiger partial charge in [-0.3, -0.25) is 4.68 Å². The molecule has 1 aromatic rings. The van der Waals surface area contributed by atoms with Gasteiger partial charge in [-0.1, -0.05) is 0 Å². The van der Waals surface area contributed by atoms with Crippen molar-refractivity contribution in [1.29, 1.82) is 0 Å². The highest BCUT2D eigenvalue weighted by Gasteiger charge is 2.41. The van der Waals surface area contributed by atoms with Gasteiger partial charge in [-0.25, -0.2) is 13.2 Å². The Labute approximate surface area is 156 Å². The minimum Gasteiger partial charge on any atom is -0.444 e. The fourth-order valence-electron chi connectivity index (χ4n) is 2.90. The number of carbonyl (C=O) groups excluding carboxylic acids is 1. The zero-order valence-electron chi connectivity index (χ0n) is 15.7. The molecule has 0 radical (unpaired) electrons. The summed E-state index contributed by atoms with van der Waals surface area (Å²) in [4.78, 5) is 12.7. The molecule has 0 spiro atoms. The van der Waals surface area contributed by atoms with Crippen LogP contribution in [-0.2, 0) is 27.8 Å². The van der Waals surface area contributed by atoms with Crippen molar-refractivity contribution < 1.29 is 31.1 Å². The summed E-state index contributed by atoms with van der Waals surface area (Å²) in [5, 5.41) is 3.25. The first-order chi connectivity index (χ1) is 12.2. The molecule has 1 aromatic heterocycles. The SMILES string of the molecule is Cn1cc(S(=O)(=O)CC2CCN(C(=O)OC(C)(C)C)CC2)c(C(F)(F)F)n1. The number of hydrogen-bond donors (Lipinski definition) is 0. The number of likely N-dealkylation sites (tertiary alicyclic amines) is 1. The van der Waals surface area contributed by atoms with E-state index in [1.165, 1.54) is 11.9 Å². The van der Waals surface area contributed by atoms with Crippen LogP contribution >= 0.6 is 0 Å². The van der Waals surface area contributed by atoms with Crippen LogP contribution in [0, 0.1) is 5.92 Å². The molecule has 2 heterocycles. The van der Waals surface area contributed by atoms with Gasteiger partial charge in [-0.2, -0.15) is 18.3 Å². The third-order valence-corrected chi connectivity index (χ3v) is 6.00. The summed E-state index contributed by atoms with van der Waals surface area (Å²) in [7, 11) is -2.91. The normalized spacial score (nSPS) is 17.2. The summed E-state index contributed by atoms with van der Waals surface area (Å²) < 4.78 is 70.3. The second-order valence-corrected chi connectivity index (χ2v) is 9.71. The van der Waals surface area contributed by atoms with Crippen molar-refractivity contribution in [3.05, 3.63) is 11.9 Å². The predicted molar refractivity (Wildman–Crippen MR) is 90.8 cm³/mol. The first-order valence-electron chi connectivity index (χ1n) is 8.50. The Morgan fingerprint density at radius 2 is 1.81 bits per heavy atom. The van der Waals surface area contributed by atoms with Crippen LogP contribution in [0.2, 0.25) is 0 Å². The van der Waals surface area contributed by atoms with Crippen LogP contribution in [0.4, 0.5) is 18.0 Å². The van der Waals surface area contributed by atoms with E-state index < -0.39 is 44.1 Å². The first kappa shape index (κ1) is 21.5. The Hall–Kier alpha value is -1.78. The topological polar surface area (TPSA) is 81.5 Å². The van der Waals surface area contributed by atoms with Crippen LogP contribution in [0.1, 0.15) is 39.3 Å². The number of aryl methyl sites for hydroxylation is 1. The zero-order valence-corrected chi connectivity index (χ0v) is 16.5. The number of ether oxygens (including phenoxy) is 1. The van der Waals surface area contributed by atoms with Gasteiger partial charge in [-0.15, -0.1) is 0 Å². The summed E-state index contributed by atoms with van der Waals surface area (Å²) in [6.45, 7) is 5.84. The van der Waals surface area contributed by atoms with Crippen molar-refractivity contribution in [2.45, 2.75) is 50.3 Å². The number of sulfone groups is 1. The second-order valence-electron chi connectivity index (χ2n) is 7.71. The molecular weight excluding hydrogens is 387 g/mol. The van der Waals surface area contributed by atoms with Gasteiger partial charge in [0, 0.05) is 26.3 Å². The standard InChI is InChI=1S/C16H24F3N3O4S/c1-15(2,3)26-14(23)22-7-5-11(6-8-22)10-27(24,25)12-9-21(4)20-13(12)16(17,18)19/h9,11H,5-8,10H2,1-4H3. The van der Waals surface area contributed by atoms with Crippen molar-refractivity contribution >= 4 is 15.9 Å². The van der Waals surface area contributed by atoms with Crippen molar-refractivity contribution in [2.24, 2.45) is 13.0 Å². The largest absolute Gasteiger partial charge is 0.444 e. The molecule has 1 aliphatic rings. The van der Waals surface area contributed by atoms with E-state index in [0.29, 0.717) is 25.9 Å². The van der Waals surface area contributed by atoms with Gasteiger partial charge in [0.15, 0.2) is 15.5 Å². The van der Waals surface area contributed by atoms with Gasteiger partial charge in [0.25, 0.3) is 0 Å². The van der Waals surface area contributed by atoms with Crippen LogP contribution in [0.3, 0.4) is 0 Å². The Morgan fingerprint density at radius 3 is 2.30 bits per heavy atom. The van der Waals surface area contributed by atoms with Crippen LogP contribution < -0.4 is 0 Å². The molecule has 2 rings (SSSR count). The molecule has 1 aliphatic heterocycles. The lowest BCUT2D eigenvalue weighted by molar-refractivity contribution is -0.143. The number of aromatic nitrogens is 2. The monoisotopic (exact) mass is 411 g/mol. The molecule has 1 amide bonds. The summed E-state index contributed by atoms with van der Waals surface area (Å²) in [5.41, 5.74) is -2.03. The van der Waals surface area contributed by atoms with Gasteiger partial charge in [0.1, 0.15) is 10.5 Å². The minimum atomic E-state index is -4.84. The molecule has 1 saturated heterocycles. The van der Waals surface area contributed by atoms with E-state index in [2.05, 4.69) is 5.10 Å². The molecule has 0 aliphatic carbocycles. The Balaban J connectivity index is 2.04.